The molecule has 3 nitrogen and oxygen atoms in total. The van der Waals surface area contributed by atoms with Crippen LogP contribution in [-0.2, 0) is 6.61 Å². The Kier molecular flexibility index (Phi) is 3.36. The lowest BCUT2D eigenvalue weighted by molar-refractivity contribution is 0.272. The van der Waals surface area contributed by atoms with Gasteiger partial charge in [0, 0.05) is 5.56 Å². The molecule has 0 aromatic heterocycles. The van der Waals surface area contributed by atoms with Gasteiger partial charge in [0.15, 0.2) is 0 Å². The van der Waals surface area contributed by atoms with E-state index in [1.165, 1.54) is 0 Å². The SMILES string of the molecule is COc1cc(CO)c(OC)c(C)c1C. The van der Waals surface area contributed by atoms with Gasteiger partial charge in [-0.05, 0) is 31.0 Å². The first kappa shape index (κ1) is 10.9. The van der Waals surface area contributed by atoms with E-state index < -0.39 is 0 Å². The first-order chi connectivity index (χ1) is 6.65. The van der Waals surface area contributed by atoms with Crippen molar-refractivity contribution in [3.8, 4) is 11.5 Å². The van der Waals surface area contributed by atoms with Crippen molar-refractivity contribution in [3.05, 3.63) is 22.8 Å². The zero-order chi connectivity index (χ0) is 10.7. The maximum absolute atomic E-state index is 9.15. The number of aliphatic hydroxyl groups is 1. The summed E-state index contributed by atoms with van der Waals surface area (Å²) in [5.41, 5.74) is 2.81. The van der Waals surface area contributed by atoms with Crippen molar-refractivity contribution >= 4 is 0 Å². The zero-order valence-corrected chi connectivity index (χ0v) is 9.05. The number of aliphatic hydroxyl groups excluding tert-OH is 1. The fourth-order valence-corrected chi connectivity index (χ4v) is 1.54. The Morgan fingerprint density at radius 3 is 2.21 bits per heavy atom. The van der Waals surface area contributed by atoms with Crippen molar-refractivity contribution in [3.63, 3.8) is 0 Å². The van der Waals surface area contributed by atoms with Gasteiger partial charge in [0.1, 0.15) is 11.5 Å². The van der Waals surface area contributed by atoms with Crippen LogP contribution in [0.2, 0.25) is 0 Å². The standard InChI is InChI=1S/C11H16O3/c1-7-8(2)11(14-4)9(6-12)5-10(7)13-3/h5,12H,6H2,1-4H3. The number of hydrogen-bond acceptors (Lipinski definition) is 3. The second-order valence-electron chi connectivity index (χ2n) is 3.18. The van der Waals surface area contributed by atoms with E-state index >= 15 is 0 Å². The van der Waals surface area contributed by atoms with Crippen molar-refractivity contribution in [2.75, 3.05) is 14.2 Å². The minimum absolute atomic E-state index is 0.0410. The molecule has 0 aliphatic heterocycles. The third-order valence-electron chi connectivity index (χ3n) is 2.46. The molecule has 0 radical (unpaired) electrons. The average molecular weight is 196 g/mol. The summed E-state index contributed by atoms with van der Waals surface area (Å²) >= 11 is 0. The second-order valence-corrected chi connectivity index (χ2v) is 3.18. The summed E-state index contributed by atoms with van der Waals surface area (Å²) in [5, 5.41) is 9.15. The molecule has 0 aliphatic carbocycles. The average Bonchev–Trinajstić information content (AvgIpc) is 2.21. The molecule has 0 amide bonds. The van der Waals surface area contributed by atoms with Crippen LogP contribution in [0.5, 0.6) is 11.5 Å². The van der Waals surface area contributed by atoms with Crippen molar-refractivity contribution in [1.82, 2.24) is 0 Å². The van der Waals surface area contributed by atoms with Crippen LogP contribution in [0.25, 0.3) is 0 Å². The maximum atomic E-state index is 9.15. The van der Waals surface area contributed by atoms with Gasteiger partial charge in [0.05, 0.1) is 20.8 Å². The van der Waals surface area contributed by atoms with Crippen LogP contribution in [0, 0.1) is 13.8 Å². The molecule has 0 saturated carbocycles. The highest BCUT2D eigenvalue weighted by molar-refractivity contribution is 5.52. The van der Waals surface area contributed by atoms with Crippen LogP contribution >= 0.6 is 0 Å². The van der Waals surface area contributed by atoms with E-state index in [2.05, 4.69) is 0 Å². The van der Waals surface area contributed by atoms with E-state index in [0.29, 0.717) is 0 Å². The largest absolute Gasteiger partial charge is 0.496 e. The molecule has 0 atom stereocenters. The number of hydrogen-bond donors (Lipinski definition) is 1. The van der Waals surface area contributed by atoms with Crippen molar-refractivity contribution in [1.29, 1.82) is 0 Å². The van der Waals surface area contributed by atoms with Gasteiger partial charge in [-0.2, -0.15) is 0 Å². The molecular weight excluding hydrogens is 180 g/mol. The first-order valence-corrected chi connectivity index (χ1v) is 4.47. The molecule has 78 valence electrons. The van der Waals surface area contributed by atoms with Crippen LogP contribution < -0.4 is 9.47 Å². The molecule has 0 spiro atoms. The van der Waals surface area contributed by atoms with Gasteiger partial charge < -0.3 is 14.6 Å². The quantitative estimate of drug-likeness (QED) is 0.801. The fraction of sp³-hybridized carbons (Fsp3) is 0.455. The van der Waals surface area contributed by atoms with Crippen LogP contribution in [0.4, 0.5) is 0 Å². The Morgan fingerprint density at radius 1 is 1.14 bits per heavy atom. The molecule has 14 heavy (non-hydrogen) atoms. The Morgan fingerprint density at radius 2 is 1.79 bits per heavy atom. The first-order valence-electron chi connectivity index (χ1n) is 4.47. The van der Waals surface area contributed by atoms with Crippen molar-refractivity contribution in [2.45, 2.75) is 20.5 Å². The summed E-state index contributed by atoms with van der Waals surface area (Å²) in [6, 6.07) is 1.81. The number of methoxy groups -OCH3 is 2. The third-order valence-corrected chi connectivity index (χ3v) is 2.46. The van der Waals surface area contributed by atoms with Gasteiger partial charge in [0.2, 0.25) is 0 Å². The zero-order valence-electron chi connectivity index (χ0n) is 9.05. The van der Waals surface area contributed by atoms with E-state index in [0.717, 1.165) is 28.2 Å². The summed E-state index contributed by atoms with van der Waals surface area (Å²) in [6.07, 6.45) is 0. The summed E-state index contributed by atoms with van der Waals surface area (Å²) in [5.74, 6) is 1.53. The summed E-state index contributed by atoms with van der Waals surface area (Å²) in [4.78, 5) is 0. The normalized spacial score (nSPS) is 10.1. The molecule has 1 aromatic carbocycles. The fourth-order valence-electron chi connectivity index (χ4n) is 1.54. The van der Waals surface area contributed by atoms with Crippen molar-refractivity contribution in [2.24, 2.45) is 0 Å². The highest BCUT2D eigenvalue weighted by atomic mass is 16.5. The second kappa shape index (κ2) is 4.33. The summed E-state index contributed by atoms with van der Waals surface area (Å²) < 4.78 is 10.4. The van der Waals surface area contributed by atoms with Gasteiger partial charge in [-0.25, -0.2) is 0 Å². The Labute approximate surface area is 84.3 Å². The number of rotatable bonds is 3. The topological polar surface area (TPSA) is 38.7 Å². The molecule has 0 saturated heterocycles. The minimum Gasteiger partial charge on any atom is -0.496 e. The van der Waals surface area contributed by atoms with E-state index in [1.54, 1.807) is 20.3 Å². The predicted octanol–water partition coefficient (Wildman–Crippen LogP) is 1.81. The number of ether oxygens (including phenoxy) is 2. The van der Waals surface area contributed by atoms with Crippen LogP contribution in [0.15, 0.2) is 6.07 Å². The smallest absolute Gasteiger partial charge is 0.127 e. The summed E-state index contributed by atoms with van der Waals surface area (Å²) in [7, 11) is 3.23. The van der Waals surface area contributed by atoms with E-state index in [9.17, 15) is 0 Å². The molecule has 1 N–H and O–H groups in total. The van der Waals surface area contributed by atoms with Crippen LogP contribution in [-0.4, -0.2) is 19.3 Å². The molecule has 0 aliphatic rings. The third kappa shape index (κ3) is 1.68. The van der Waals surface area contributed by atoms with Crippen LogP contribution in [0.3, 0.4) is 0 Å². The van der Waals surface area contributed by atoms with E-state index in [4.69, 9.17) is 14.6 Å². The van der Waals surface area contributed by atoms with Gasteiger partial charge in [0.25, 0.3) is 0 Å². The number of benzene rings is 1. The van der Waals surface area contributed by atoms with Crippen molar-refractivity contribution < 1.29 is 14.6 Å². The molecule has 0 bridgehead atoms. The van der Waals surface area contributed by atoms with Gasteiger partial charge >= 0.3 is 0 Å². The molecule has 0 fully saturated rings. The predicted molar refractivity (Wildman–Crippen MR) is 54.9 cm³/mol. The minimum atomic E-state index is -0.0410. The molecular formula is C11H16O3. The highest BCUT2D eigenvalue weighted by Gasteiger charge is 2.12. The Balaban J connectivity index is 3.38. The van der Waals surface area contributed by atoms with E-state index in [1.807, 2.05) is 13.8 Å². The van der Waals surface area contributed by atoms with Gasteiger partial charge in [-0.1, -0.05) is 0 Å². The molecule has 0 heterocycles. The maximum Gasteiger partial charge on any atom is 0.127 e. The van der Waals surface area contributed by atoms with Crippen LogP contribution in [0.1, 0.15) is 16.7 Å². The molecule has 1 aromatic rings. The van der Waals surface area contributed by atoms with Gasteiger partial charge in [-0.3, -0.25) is 0 Å². The Hall–Kier alpha value is -1.22. The monoisotopic (exact) mass is 196 g/mol. The van der Waals surface area contributed by atoms with E-state index in [-0.39, 0.29) is 6.61 Å². The van der Waals surface area contributed by atoms with Gasteiger partial charge in [-0.15, -0.1) is 0 Å². The lowest BCUT2D eigenvalue weighted by Gasteiger charge is -2.15. The summed E-state index contributed by atoms with van der Waals surface area (Å²) in [6.45, 7) is 3.88. The Bertz CT molecular complexity index is 332. The lowest BCUT2D eigenvalue weighted by atomic mass is 10.0. The molecule has 0 unspecified atom stereocenters. The molecule has 3 heteroatoms. The lowest BCUT2D eigenvalue weighted by Crippen LogP contribution is -1.99. The molecule has 1 rings (SSSR count). The highest BCUT2D eigenvalue weighted by Crippen LogP contribution is 2.33.